The van der Waals surface area contributed by atoms with E-state index in [4.69, 9.17) is 5.73 Å². The zero-order valence-electron chi connectivity index (χ0n) is 9.47. The van der Waals surface area contributed by atoms with E-state index in [2.05, 4.69) is 37.5 Å². The molecule has 0 amide bonds. The van der Waals surface area contributed by atoms with Crippen LogP contribution in [0, 0.1) is 3.57 Å². The summed E-state index contributed by atoms with van der Waals surface area (Å²) in [6, 6.07) is 7.87. The van der Waals surface area contributed by atoms with Crippen molar-refractivity contribution in [1.82, 2.24) is 9.97 Å². The first kappa shape index (κ1) is 12.1. The Morgan fingerprint density at radius 3 is 2.82 bits per heavy atom. The molecule has 17 heavy (non-hydrogen) atoms. The second-order valence-corrected chi connectivity index (χ2v) is 4.91. The van der Waals surface area contributed by atoms with E-state index in [-0.39, 0.29) is 0 Å². The minimum atomic E-state index is 0.736. The fourth-order valence-corrected chi connectivity index (χ4v) is 2.31. The molecule has 0 fully saturated rings. The third-order valence-electron chi connectivity index (χ3n) is 2.47. The maximum atomic E-state index is 5.92. The first-order chi connectivity index (χ1) is 8.18. The monoisotopic (exact) mass is 340 g/mol. The first-order valence-corrected chi connectivity index (χ1v) is 6.26. The molecule has 2 N–H and O–H groups in total. The SMILES string of the molecule is CN(Cc1ccccc1N)c1ncncc1I. The highest BCUT2D eigenvalue weighted by molar-refractivity contribution is 14.1. The fraction of sp³-hybridized carbons (Fsp3) is 0.167. The van der Waals surface area contributed by atoms with Crippen LogP contribution in [0.3, 0.4) is 0 Å². The lowest BCUT2D eigenvalue weighted by atomic mass is 10.2. The zero-order chi connectivity index (χ0) is 12.3. The molecule has 2 aromatic rings. The van der Waals surface area contributed by atoms with Crippen LogP contribution >= 0.6 is 22.6 Å². The molecule has 0 atom stereocenters. The first-order valence-electron chi connectivity index (χ1n) is 5.18. The number of benzene rings is 1. The van der Waals surface area contributed by atoms with Gasteiger partial charge in [-0.15, -0.1) is 0 Å². The molecule has 2 rings (SSSR count). The summed E-state index contributed by atoms with van der Waals surface area (Å²) in [5.74, 6) is 0.920. The maximum absolute atomic E-state index is 5.92. The van der Waals surface area contributed by atoms with Crippen LogP contribution in [0.15, 0.2) is 36.8 Å². The number of nitrogen functional groups attached to an aromatic ring is 1. The van der Waals surface area contributed by atoms with Crippen LogP contribution in [0.2, 0.25) is 0 Å². The predicted octanol–water partition coefficient (Wildman–Crippen LogP) is 2.30. The summed E-state index contributed by atoms with van der Waals surface area (Å²) in [6.07, 6.45) is 3.36. The molecule has 1 aromatic carbocycles. The highest BCUT2D eigenvalue weighted by atomic mass is 127. The van der Waals surface area contributed by atoms with Crippen LogP contribution in [0.1, 0.15) is 5.56 Å². The molecule has 4 nitrogen and oxygen atoms in total. The lowest BCUT2D eigenvalue weighted by Gasteiger charge is -2.19. The number of hydrogen-bond acceptors (Lipinski definition) is 4. The summed E-state index contributed by atoms with van der Waals surface area (Å²) in [6.45, 7) is 0.736. The Labute approximate surface area is 114 Å². The normalized spacial score (nSPS) is 10.2. The van der Waals surface area contributed by atoms with Gasteiger partial charge in [0.2, 0.25) is 0 Å². The van der Waals surface area contributed by atoms with E-state index in [9.17, 15) is 0 Å². The van der Waals surface area contributed by atoms with E-state index in [0.717, 1.165) is 27.2 Å². The second-order valence-electron chi connectivity index (χ2n) is 3.75. The van der Waals surface area contributed by atoms with Gasteiger partial charge in [0.05, 0.1) is 3.57 Å². The molecule has 0 saturated carbocycles. The van der Waals surface area contributed by atoms with E-state index in [0.29, 0.717) is 0 Å². The van der Waals surface area contributed by atoms with E-state index in [1.807, 2.05) is 31.3 Å². The van der Waals surface area contributed by atoms with E-state index >= 15 is 0 Å². The summed E-state index contributed by atoms with van der Waals surface area (Å²) in [5.41, 5.74) is 7.83. The second kappa shape index (κ2) is 5.31. The summed E-state index contributed by atoms with van der Waals surface area (Å²) in [4.78, 5) is 10.3. The minimum absolute atomic E-state index is 0.736. The van der Waals surface area contributed by atoms with E-state index in [1.165, 1.54) is 0 Å². The van der Waals surface area contributed by atoms with Gasteiger partial charge in [0.15, 0.2) is 0 Å². The van der Waals surface area contributed by atoms with Crippen molar-refractivity contribution in [3.05, 3.63) is 45.9 Å². The molecule has 0 bridgehead atoms. The highest BCUT2D eigenvalue weighted by Crippen LogP contribution is 2.20. The van der Waals surface area contributed by atoms with Crippen molar-refractivity contribution < 1.29 is 0 Å². The lowest BCUT2D eigenvalue weighted by molar-refractivity contribution is 0.887. The smallest absolute Gasteiger partial charge is 0.145 e. The number of nitrogens with zero attached hydrogens (tertiary/aromatic N) is 3. The summed E-state index contributed by atoms with van der Waals surface area (Å²) in [5, 5.41) is 0. The fourth-order valence-electron chi connectivity index (χ4n) is 1.60. The van der Waals surface area contributed by atoms with Gasteiger partial charge in [0.1, 0.15) is 12.1 Å². The van der Waals surface area contributed by atoms with Crippen LogP contribution in [0.4, 0.5) is 11.5 Å². The largest absolute Gasteiger partial charge is 0.398 e. The standard InChI is InChI=1S/C12H13IN4/c1-17(12-10(13)6-15-8-16-12)7-9-4-2-3-5-11(9)14/h2-6,8H,7,14H2,1H3. The number of aromatic nitrogens is 2. The number of anilines is 2. The molecule has 0 aliphatic rings. The van der Waals surface area contributed by atoms with Crippen LogP contribution in [0.5, 0.6) is 0 Å². The third kappa shape index (κ3) is 2.85. The Bertz CT molecular complexity index is 515. The van der Waals surface area contributed by atoms with Crippen molar-refractivity contribution in [3.8, 4) is 0 Å². The third-order valence-corrected chi connectivity index (χ3v) is 3.23. The minimum Gasteiger partial charge on any atom is -0.398 e. The summed E-state index contributed by atoms with van der Waals surface area (Å²) in [7, 11) is 2.00. The molecule has 0 aliphatic heterocycles. The van der Waals surface area contributed by atoms with Crippen LogP contribution in [-0.2, 0) is 6.54 Å². The van der Waals surface area contributed by atoms with Crippen LogP contribution < -0.4 is 10.6 Å². The predicted molar refractivity (Wildman–Crippen MR) is 77.7 cm³/mol. The van der Waals surface area contributed by atoms with Crippen molar-refractivity contribution in [2.75, 3.05) is 17.7 Å². The van der Waals surface area contributed by atoms with Crippen LogP contribution in [-0.4, -0.2) is 17.0 Å². The van der Waals surface area contributed by atoms with E-state index in [1.54, 1.807) is 12.5 Å². The number of para-hydroxylation sites is 1. The molecular weight excluding hydrogens is 327 g/mol. The Balaban J connectivity index is 2.20. The van der Waals surface area contributed by atoms with Crippen molar-refractivity contribution >= 4 is 34.1 Å². The van der Waals surface area contributed by atoms with Crippen molar-refractivity contribution in [2.45, 2.75) is 6.54 Å². The molecular formula is C12H13IN4. The molecule has 1 aromatic heterocycles. The average Bonchev–Trinajstić information content (AvgIpc) is 2.32. The maximum Gasteiger partial charge on any atom is 0.145 e. The summed E-state index contributed by atoms with van der Waals surface area (Å²) >= 11 is 2.23. The van der Waals surface area contributed by atoms with E-state index < -0.39 is 0 Å². The van der Waals surface area contributed by atoms with Gasteiger partial charge in [0.25, 0.3) is 0 Å². The van der Waals surface area contributed by atoms with Crippen molar-refractivity contribution in [1.29, 1.82) is 0 Å². The van der Waals surface area contributed by atoms with Gasteiger partial charge in [-0.2, -0.15) is 0 Å². The molecule has 88 valence electrons. The molecule has 5 heteroatoms. The molecule has 0 saturated heterocycles. The zero-order valence-corrected chi connectivity index (χ0v) is 11.6. The molecule has 0 radical (unpaired) electrons. The lowest BCUT2D eigenvalue weighted by Crippen LogP contribution is -2.19. The Morgan fingerprint density at radius 1 is 1.35 bits per heavy atom. The Morgan fingerprint density at radius 2 is 2.12 bits per heavy atom. The quantitative estimate of drug-likeness (QED) is 0.688. The van der Waals surface area contributed by atoms with Crippen molar-refractivity contribution in [3.63, 3.8) is 0 Å². The number of rotatable bonds is 3. The topological polar surface area (TPSA) is 55.0 Å². The molecule has 1 heterocycles. The number of halogens is 1. The molecule has 0 spiro atoms. The van der Waals surface area contributed by atoms with Gasteiger partial charge in [-0.1, -0.05) is 18.2 Å². The molecule has 0 unspecified atom stereocenters. The number of nitrogens with two attached hydrogens (primary N) is 1. The van der Waals surface area contributed by atoms with Gasteiger partial charge in [0, 0.05) is 25.5 Å². The van der Waals surface area contributed by atoms with Crippen LogP contribution in [0.25, 0.3) is 0 Å². The van der Waals surface area contributed by atoms with Gasteiger partial charge in [-0.05, 0) is 34.2 Å². The van der Waals surface area contributed by atoms with Gasteiger partial charge in [-0.25, -0.2) is 9.97 Å². The Kier molecular flexibility index (Phi) is 3.78. The average molecular weight is 340 g/mol. The summed E-state index contributed by atoms with van der Waals surface area (Å²) < 4.78 is 1.03. The number of hydrogen-bond donors (Lipinski definition) is 1. The van der Waals surface area contributed by atoms with Crippen molar-refractivity contribution in [2.24, 2.45) is 0 Å². The molecule has 0 aliphatic carbocycles. The van der Waals surface area contributed by atoms with Gasteiger partial charge in [-0.3, -0.25) is 0 Å². The van der Waals surface area contributed by atoms with Gasteiger partial charge < -0.3 is 10.6 Å². The van der Waals surface area contributed by atoms with Gasteiger partial charge >= 0.3 is 0 Å². The Hall–Kier alpha value is -1.37. The highest BCUT2D eigenvalue weighted by Gasteiger charge is 2.08.